The van der Waals surface area contributed by atoms with E-state index in [1.54, 1.807) is 26.8 Å². The van der Waals surface area contributed by atoms with Gasteiger partial charge in [0, 0.05) is 0 Å². The van der Waals surface area contributed by atoms with Crippen molar-refractivity contribution in [1.82, 2.24) is 4.72 Å². The fraction of sp³-hybridized carbons (Fsp3) is 0.500. The van der Waals surface area contributed by atoms with Crippen molar-refractivity contribution in [2.75, 3.05) is 7.11 Å². The SMILES string of the molecule is C=CC[C@](NS(=O)C(C)(C)C)(c1cccc(OC)c1)C(F)(F)F. The zero-order chi connectivity index (χ0) is 17.9. The molecule has 0 saturated carbocycles. The molecule has 1 unspecified atom stereocenters. The number of hydrogen-bond donors (Lipinski definition) is 1. The Morgan fingerprint density at radius 2 is 1.91 bits per heavy atom. The minimum atomic E-state index is -4.67. The van der Waals surface area contributed by atoms with Crippen LogP contribution in [0.3, 0.4) is 0 Å². The van der Waals surface area contributed by atoms with Gasteiger partial charge in [-0.1, -0.05) is 18.2 Å². The van der Waals surface area contributed by atoms with Crippen molar-refractivity contribution in [2.45, 2.75) is 43.7 Å². The van der Waals surface area contributed by atoms with Crippen molar-refractivity contribution in [3.8, 4) is 5.75 Å². The minimum Gasteiger partial charge on any atom is -0.497 e. The van der Waals surface area contributed by atoms with E-state index in [0.717, 1.165) is 0 Å². The molecule has 1 aromatic rings. The third-order valence-corrected chi connectivity index (χ3v) is 4.97. The largest absolute Gasteiger partial charge is 0.497 e. The highest BCUT2D eigenvalue weighted by Gasteiger charge is 2.56. The van der Waals surface area contributed by atoms with E-state index in [1.165, 1.54) is 31.4 Å². The molecular formula is C16H22F3NO2S. The van der Waals surface area contributed by atoms with Crippen LogP contribution in [-0.2, 0) is 16.5 Å². The normalized spacial score (nSPS) is 16.5. The molecule has 0 heterocycles. The van der Waals surface area contributed by atoms with Gasteiger partial charge in [-0.2, -0.15) is 13.2 Å². The van der Waals surface area contributed by atoms with Crippen LogP contribution in [0.4, 0.5) is 13.2 Å². The molecule has 0 aliphatic rings. The second-order valence-corrected chi connectivity index (χ2v) is 8.08. The number of nitrogens with one attached hydrogen (secondary N) is 1. The van der Waals surface area contributed by atoms with Crippen LogP contribution in [0.25, 0.3) is 0 Å². The molecule has 0 amide bonds. The smallest absolute Gasteiger partial charge is 0.411 e. The molecule has 1 rings (SSSR count). The van der Waals surface area contributed by atoms with E-state index in [1.807, 2.05) is 0 Å². The lowest BCUT2D eigenvalue weighted by Gasteiger charge is -2.38. The summed E-state index contributed by atoms with van der Waals surface area (Å²) < 4.78 is 60.7. The van der Waals surface area contributed by atoms with Gasteiger partial charge in [0.05, 0.1) is 22.8 Å². The van der Waals surface area contributed by atoms with E-state index in [-0.39, 0.29) is 5.56 Å². The molecule has 130 valence electrons. The van der Waals surface area contributed by atoms with Gasteiger partial charge in [-0.15, -0.1) is 6.58 Å². The molecule has 1 aromatic carbocycles. The number of alkyl halides is 3. The summed E-state index contributed by atoms with van der Waals surface area (Å²) in [5.74, 6) is 0.295. The Morgan fingerprint density at radius 3 is 2.35 bits per heavy atom. The zero-order valence-corrected chi connectivity index (χ0v) is 14.5. The van der Waals surface area contributed by atoms with Gasteiger partial charge in [-0.3, -0.25) is 0 Å². The summed E-state index contributed by atoms with van der Waals surface area (Å²) in [5.41, 5.74) is -2.57. The predicted octanol–water partition coefficient (Wildman–Crippen LogP) is 4.08. The molecule has 0 aliphatic heterocycles. The summed E-state index contributed by atoms with van der Waals surface area (Å²) in [6.45, 7) is 8.25. The van der Waals surface area contributed by atoms with E-state index in [2.05, 4.69) is 11.3 Å². The van der Waals surface area contributed by atoms with Gasteiger partial charge in [-0.25, -0.2) is 8.93 Å². The number of benzene rings is 1. The van der Waals surface area contributed by atoms with Gasteiger partial charge < -0.3 is 4.74 Å². The topological polar surface area (TPSA) is 38.3 Å². The molecule has 0 spiro atoms. The van der Waals surface area contributed by atoms with E-state index < -0.39 is 33.9 Å². The molecule has 0 aliphatic carbocycles. The first-order valence-electron chi connectivity index (χ1n) is 7.00. The third-order valence-electron chi connectivity index (χ3n) is 3.32. The third kappa shape index (κ3) is 4.35. The summed E-state index contributed by atoms with van der Waals surface area (Å²) in [7, 11) is -0.545. The van der Waals surface area contributed by atoms with Gasteiger partial charge >= 0.3 is 6.18 Å². The van der Waals surface area contributed by atoms with E-state index >= 15 is 0 Å². The maximum absolute atomic E-state index is 13.9. The quantitative estimate of drug-likeness (QED) is 0.786. The van der Waals surface area contributed by atoms with Gasteiger partial charge in [0.2, 0.25) is 0 Å². The average molecular weight is 349 g/mol. The number of hydrogen-bond acceptors (Lipinski definition) is 2. The second kappa shape index (κ2) is 7.05. The van der Waals surface area contributed by atoms with Crippen molar-refractivity contribution < 1.29 is 22.1 Å². The van der Waals surface area contributed by atoms with Gasteiger partial charge in [0.25, 0.3) is 0 Å². The fourth-order valence-electron chi connectivity index (χ4n) is 1.97. The summed E-state index contributed by atoms with van der Waals surface area (Å²) in [6.07, 6.45) is -3.96. The lowest BCUT2D eigenvalue weighted by molar-refractivity contribution is -0.193. The van der Waals surface area contributed by atoms with Crippen LogP contribution in [-0.4, -0.2) is 22.2 Å². The highest BCUT2D eigenvalue weighted by molar-refractivity contribution is 7.84. The molecule has 23 heavy (non-hydrogen) atoms. The molecule has 0 aromatic heterocycles. The molecule has 3 nitrogen and oxygen atoms in total. The van der Waals surface area contributed by atoms with Crippen LogP contribution in [0, 0.1) is 0 Å². The molecule has 2 atom stereocenters. The van der Waals surface area contributed by atoms with Crippen molar-refractivity contribution >= 4 is 11.0 Å². The summed E-state index contributed by atoms with van der Waals surface area (Å²) in [5, 5.41) is 0. The standard InChI is InChI=1S/C16H22F3NO2S/c1-6-10-15(16(17,18)19,20-23(21)14(2,3)4)12-8-7-9-13(11-12)22-5/h6-9,11,20H,1,10H2,2-5H3/t15-,23?/m0/s1. The number of halogens is 3. The highest BCUT2D eigenvalue weighted by atomic mass is 32.2. The first kappa shape index (κ1) is 19.7. The molecule has 0 fully saturated rings. The summed E-state index contributed by atoms with van der Waals surface area (Å²) >= 11 is 0. The first-order valence-corrected chi connectivity index (χ1v) is 8.15. The van der Waals surface area contributed by atoms with Crippen LogP contribution in [0.5, 0.6) is 5.75 Å². The Morgan fingerprint density at radius 1 is 1.30 bits per heavy atom. The van der Waals surface area contributed by atoms with Crippen LogP contribution >= 0.6 is 0 Å². The first-order chi connectivity index (χ1) is 10.5. The van der Waals surface area contributed by atoms with Crippen molar-refractivity contribution in [2.24, 2.45) is 0 Å². The number of methoxy groups -OCH3 is 1. The summed E-state index contributed by atoms with van der Waals surface area (Å²) in [6, 6.07) is 5.66. The van der Waals surface area contributed by atoms with Crippen molar-refractivity contribution in [3.63, 3.8) is 0 Å². The molecule has 0 bridgehead atoms. The summed E-state index contributed by atoms with van der Waals surface area (Å²) in [4.78, 5) is 0. The predicted molar refractivity (Wildman–Crippen MR) is 86.6 cm³/mol. The Bertz CT molecular complexity index is 581. The van der Waals surface area contributed by atoms with E-state index in [4.69, 9.17) is 4.74 Å². The van der Waals surface area contributed by atoms with Crippen molar-refractivity contribution in [1.29, 1.82) is 0 Å². The monoisotopic (exact) mass is 349 g/mol. The fourth-order valence-corrected chi connectivity index (χ4v) is 2.91. The lowest BCUT2D eigenvalue weighted by atomic mass is 9.86. The Kier molecular flexibility index (Phi) is 6.04. The van der Waals surface area contributed by atoms with Crippen molar-refractivity contribution in [3.05, 3.63) is 42.5 Å². The molecule has 7 heteroatoms. The van der Waals surface area contributed by atoms with Crippen LogP contribution < -0.4 is 9.46 Å². The minimum absolute atomic E-state index is 0.0677. The number of ether oxygens (including phenoxy) is 1. The Hall–Kier alpha value is -1.34. The van der Waals surface area contributed by atoms with Gasteiger partial charge in [0.15, 0.2) is 5.54 Å². The zero-order valence-electron chi connectivity index (χ0n) is 13.7. The Balaban J connectivity index is 3.51. The van der Waals surface area contributed by atoms with Gasteiger partial charge in [-0.05, 0) is 44.9 Å². The molecule has 0 radical (unpaired) electrons. The highest BCUT2D eigenvalue weighted by Crippen LogP contribution is 2.43. The lowest BCUT2D eigenvalue weighted by Crippen LogP contribution is -2.56. The second-order valence-electron chi connectivity index (χ2n) is 6.11. The maximum Gasteiger partial charge on any atom is 0.411 e. The molecule has 1 N–H and O–H groups in total. The Labute approximate surface area is 137 Å². The van der Waals surface area contributed by atoms with Crippen LogP contribution in [0.2, 0.25) is 0 Å². The van der Waals surface area contributed by atoms with Crippen LogP contribution in [0.1, 0.15) is 32.8 Å². The van der Waals surface area contributed by atoms with Gasteiger partial charge in [0.1, 0.15) is 5.75 Å². The van der Waals surface area contributed by atoms with Crippen LogP contribution in [0.15, 0.2) is 36.9 Å². The average Bonchev–Trinajstić information content (AvgIpc) is 2.44. The molecule has 0 saturated heterocycles. The van der Waals surface area contributed by atoms with E-state index in [9.17, 15) is 17.4 Å². The number of rotatable bonds is 6. The maximum atomic E-state index is 13.9. The van der Waals surface area contributed by atoms with E-state index in [0.29, 0.717) is 5.75 Å². The molecular weight excluding hydrogens is 327 g/mol.